The van der Waals surface area contributed by atoms with E-state index in [-0.39, 0.29) is 5.60 Å². The van der Waals surface area contributed by atoms with Crippen molar-refractivity contribution < 1.29 is 13.9 Å². The standard InChI is InChI=1S/C19H32N2O3S/c1-21(2)14-17-3-4-18(24-17)15-25-12-8-20-16-5-9-23-19(13-16)6-10-22-11-7-19/h3-4,16,20H,5-15H2,1-2H3. The Morgan fingerprint density at radius 2 is 2.00 bits per heavy atom. The fourth-order valence-electron chi connectivity index (χ4n) is 3.70. The Morgan fingerprint density at radius 1 is 1.20 bits per heavy atom. The minimum atomic E-state index is 0.0817. The Bertz CT molecular complexity index is 509. The minimum Gasteiger partial charge on any atom is -0.464 e. The van der Waals surface area contributed by atoms with Crippen LogP contribution >= 0.6 is 11.8 Å². The molecule has 0 aliphatic carbocycles. The van der Waals surface area contributed by atoms with Crippen LogP contribution in [0.3, 0.4) is 0 Å². The zero-order valence-corrected chi connectivity index (χ0v) is 16.4. The quantitative estimate of drug-likeness (QED) is 0.712. The molecule has 0 aromatic carbocycles. The maximum Gasteiger partial charge on any atom is 0.118 e. The van der Waals surface area contributed by atoms with E-state index >= 15 is 0 Å². The second-order valence-electron chi connectivity index (χ2n) is 7.45. The molecule has 142 valence electrons. The summed E-state index contributed by atoms with van der Waals surface area (Å²) in [7, 11) is 4.12. The van der Waals surface area contributed by atoms with Crippen LogP contribution in [0.1, 0.15) is 37.2 Å². The number of thioether (sulfide) groups is 1. The average Bonchev–Trinajstić information content (AvgIpc) is 3.02. The van der Waals surface area contributed by atoms with Gasteiger partial charge in [-0.3, -0.25) is 0 Å². The highest BCUT2D eigenvalue weighted by Gasteiger charge is 2.38. The van der Waals surface area contributed by atoms with Crippen LogP contribution in [0.5, 0.6) is 0 Å². The maximum absolute atomic E-state index is 6.11. The molecule has 1 unspecified atom stereocenters. The first kappa shape index (κ1) is 19.2. The third-order valence-electron chi connectivity index (χ3n) is 5.01. The molecule has 5 nitrogen and oxygen atoms in total. The SMILES string of the molecule is CN(C)Cc1ccc(CSCCNC2CCOC3(CCOCC3)C2)o1. The van der Waals surface area contributed by atoms with Gasteiger partial charge in [0.1, 0.15) is 11.5 Å². The Labute approximate surface area is 155 Å². The van der Waals surface area contributed by atoms with E-state index in [2.05, 4.69) is 36.4 Å². The van der Waals surface area contributed by atoms with E-state index in [9.17, 15) is 0 Å². The largest absolute Gasteiger partial charge is 0.464 e. The lowest BCUT2D eigenvalue weighted by Crippen LogP contribution is -2.50. The predicted octanol–water partition coefficient (Wildman–Crippen LogP) is 2.89. The molecule has 1 aromatic heterocycles. The van der Waals surface area contributed by atoms with Crippen LogP contribution in [0.4, 0.5) is 0 Å². The summed E-state index contributed by atoms with van der Waals surface area (Å²) in [5, 5.41) is 3.73. The van der Waals surface area contributed by atoms with Crippen molar-refractivity contribution in [3.8, 4) is 0 Å². The number of hydrogen-bond acceptors (Lipinski definition) is 6. The molecule has 1 aromatic rings. The summed E-state index contributed by atoms with van der Waals surface area (Å²) in [6.45, 7) is 4.49. The van der Waals surface area contributed by atoms with Gasteiger partial charge in [0.2, 0.25) is 0 Å². The maximum atomic E-state index is 6.11. The molecule has 2 fully saturated rings. The van der Waals surface area contributed by atoms with Crippen LogP contribution in [-0.2, 0) is 21.8 Å². The topological polar surface area (TPSA) is 46.9 Å². The van der Waals surface area contributed by atoms with E-state index in [1.807, 2.05) is 11.8 Å². The van der Waals surface area contributed by atoms with Gasteiger partial charge in [0.05, 0.1) is 17.9 Å². The van der Waals surface area contributed by atoms with Gasteiger partial charge in [-0.25, -0.2) is 0 Å². The second kappa shape index (κ2) is 9.42. The third-order valence-corrected chi connectivity index (χ3v) is 5.99. The molecular formula is C19H32N2O3S. The molecule has 0 radical (unpaired) electrons. The van der Waals surface area contributed by atoms with Crippen LogP contribution < -0.4 is 5.32 Å². The molecule has 3 rings (SSSR count). The normalized spacial score (nSPS) is 23.4. The Kier molecular flexibility index (Phi) is 7.25. The van der Waals surface area contributed by atoms with Crippen LogP contribution in [-0.4, -0.2) is 62.8 Å². The average molecular weight is 369 g/mol. The van der Waals surface area contributed by atoms with Gasteiger partial charge >= 0.3 is 0 Å². The number of hydrogen-bond donors (Lipinski definition) is 1. The summed E-state index contributed by atoms with van der Waals surface area (Å²) >= 11 is 1.93. The van der Waals surface area contributed by atoms with Crippen molar-refractivity contribution >= 4 is 11.8 Å². The Morgan fingerprint density at radius 3 is 2.80 bits per heavy atom. The summed E-state index contributed by atoms with van der Waals surface area (Å²) in [4.78, 5) is 2.12. The first-order valence-electron chi connectivity index (χ1n) is 9.40. The summed E-state index contributed by atoms with van der Waals surface area (Å²) in [5.74, 6) is 4.18. The highest BCUT2D eigenvalue weighted by Crippen LogP contribution is 2.34. The lowest BCUT2D eigenvalue weighted by Gasteiger charge is -2.43. The van der Waals surface area contributed by atoms with Crippen LogP contribution in [0, 0.1) is 0 Å². The highest BCUT2D eigenvalue weighted by molar-refractivity contribution is 7.98. The molecule has 25 heavy (non-hydrogen) atoms. The minimum absolute atomic E-state index is 0.0817. The monoisotopic (exact) mass is 368 g/mol. The van der Waals surface area contributed by atoms with E-state index in [1.165, 1.54) is 0 Å². The fraction of sp³-hybridized carbons (Fsp3) is 0.789. The van der Waals surface area contributed by atoms with Crippen molar-refractivity contribution in [3.63, 3.8) is 0 Å². The molecule has 2 saturated heterocycles. The van der Waals surface area contributed by atoms with Crippen molar-refractivity contribution in [2.75, 3.05) is 46.2 Å². The number of nitrogens with one attached hydrogen (secondary N) is 1. The molecule has 1 atom stereocenters. The van der Waals surface area contributed by atoms with Gasteiger partial charge in [0.15, 0.2) is 0 Å². The van der Waals surface area contributed by atoms with Crippen molar-refractivity contribution in [2.45, 2.75) is 49.6 Å². The molecule has 6 heteroatoms. The van der Waals surface area contributed by atoms with Gasteiger partial charge in [-0.05, 0) is 51.9 Å². The first-order chi connectivity index (χ1) is 12.2. The molecule has 1 N–H and O–H groups in total. The van der Waals surface area contributed by atoms with Crippen LogP contribution in [0.2, 0.25) is 0 Å². The van der Waals surface area contributed by atoms with E-state index < -0.39 is 0 Å². The molecule has 1 spiro atoms. The van der Waals surface area contributed by atoms with Gasteiger partial charge in [-0.15, -0.1) is 0 Å². The number of rotatable bonds is 8. The van der Waals surface area contributed by atoms with Gasteiger partial charge < -0.3 is 24.1 Å². The lowest BCUT2D eigenvalue weighted by molar-refractivity contribution is -0.140. The molecule has 2 aliphatic rings. The summed E-state index contributed by atoms with van der Waals surface area (Å²) in [6.07, 6.45) is 4.36. The Balaban J connectivity index is 1.31. The fourth-order valence-corrected chi connectivity index (χ4v) is 4.46. The predicted molar refractivity (Wildman–Crippen MR) is 102 cm³/mol. The van der Waals surface area contributed by atoms with Crippen molar-refractivity contribution in [1.82, 2.24) is 10.2 Å². The van der Waals surface area contributed by atoms with E-state index in [4.69, 9.17) is 13.9 Å². The lowest BCUT2D eigenvalue weighted by atomic mass is 9.84. The summed E-state index contributed by atoms with van der Waals surface area (Å²) < 4.78 is 17.5. The summed E-state index contributed by atoms with van der Waals surface area (Å²) in [6, 6.07) is 4.78. The third kappa shape index (κ3) is 6.00. The molecule has 0 amide bonds. The van der Waals surface area contributed by atoms with Gasteiger partial charge in [0.25, 0.3) is 0 Å². The van der Waals surface area contributed by atoms with E-state index in [0.717, 1.165) is 81.6 Å². The van der Waals surface area contributed by atoms with Crippen LogP contribution in [0.25, 0.3) is 0 Å². The van der Waals surface area contributed by atoms with E-state index in [1.54, 1.807) is 0 Å². The zero-order chi connectivity index (χ0) is 17.5. The smallest absolute Gasteiger partial charge is 0.118 e. The molecule has 0 saturated carbocycles. The number of nitrogens with zero attached hydrogens (tertiary/aromatic N) is 1. The molecule has 3 heterocycles. The van der Waals surface area contributed by atoms with Gasteiger partial charge in [0, 0.05) is 38.2 Å². The first-order valence-corrected chi connectivity index (χ1v) is 10.6. The Hall–Kier alpha value is -0.530. The highest BCUT2D eigenvalue weighted by atomic mass is 32.2. The molecular weight excluding hydrogens is 336 g/mol. The molecule has 0 bridgehead atoms. The van der Waals surface area contributed by atoms with Crippen molar-refractivity contribution in [1.29, 1.82) is 0 Å². The summed E-state index contributed by atoms with van der Waals surface area (Å²) in [5.41, 5.74) is 0.0817. The van der Waals surface area contributed by atoms with E-state index in [0.29, 0.717) is 6.04 Å². The number of ether oxygens (including phenoxy) is 2. The number of furan rings is 1. The van der Waals surface area contributed by atoms with Gasteiger partial charge in [-0.2, -0.15) is 11.8 Å². The van der Waals surface area contributed by atoms with Gasteiger partial charge in [-0.1, -0.05) is 0 Å². The van der Waals surface area contributed by atoms with Crippen molar-refractivity contribution in [3.05, 3.63) is 23.7 Å². The molecule has 2 aliphatic heterocycles. The van der Waals surface area contributed by atoms with Crippen LogP contribution in [0.15, 0.2) is 16.5 Å². The zero-order valence-electron chi connectivity index (χ0n) is 15.6. The van der Waals surface area contributed by atoms with Crippen molar-refractivity contribution in [2.24, 2.45) is 0 Å². The second-order valence-corrected chi connectivity index (χ2v) is 8.55.